The number of nitrogens with zero attached hydrogens (tertiary/aromatic N) is 2. The lowest BCUT2D eigenvalue weighted by Crippen LogP contribution is -2.28. The van der Waals surface area contributed by atoms with Crippen molar-refractivity contribution in [3.05, 3.63) is 11.8 Å². The summed E-state index contributed by atoms with van der Waals surface area (Å²) in [6.07, 6.45) is 0.0326. The average molecular weight is 253 g/mol. The van der Waals surface area contributed by atoms with E-state index in [0.29, 0.717) is 11.8 Å². The van der Waals surface area contributed by atoms with Crippen LogP contribution in [0, 0.1) is 6.92 Å². The van der Waals surface area contributed by atoms with E-state index in [9.17, 15) is 4.79 Å². The minimum absolute atomic E-state index is 0.0326. The second-order valence-electron chi connectivity index (χ2n) is 4.23. The van der Waals surface area contributed by atoms with E-state index in [4.69, 9.17) is 4.74 Å². The summed E-state index contributed by atoms with van der Waals surface area (Å²) in [7, 11) is 1.34. The molecular formula is C12H19N3O3. The Kier molecular flexibility index (Phi) is 4.88. The molecule has 0 aliphatic heterocycles. The van der Waals surface area contributed by atoms with E-state index in [1.165, 1.54) is 7.11 Å². The van der Waals surface area contributed by atoms with E-state index < -0.39 is 6.04 Å². The highest BCUT2D eigenvalue weighted by Gasteiger charge is 2.14. The number of nitrogens with one attached hydrogen (secondary N) is 1. The maximum absolute atomic E-state index is 11.3. The van der Waals surface area contributed by atoms with E-state index in [-0.39, 0.29) is 12.1 Å². The fourth-order valence-electron chi connectivity index (χ4n) is 1.34. The van der Waals surface area contributed by atoms with Crippen molar-refractivity contribution in [2.75, 3.05) is 12.4 Å². The lowest BCUT2D eigenvalue weighted by molar-refractivity contribution is -0.141. The topological polar surface area (TPSA) is 73.3 Å². The first-order valence-electron chi connectivity index (χ1n) is 5.79. The van der Waals surface area contributed by atoms with Crippen molar-refractivity contribution in [1.82, 2.24) is 9.97 Å². The summed E-state index contributed by atoms with van der Waals surface area (Å²) in [6, 6.07) is 1.23. The van der Waals surface area contributed by atoms with Crippen LogP contribution >= 0.6 is 0 Å². The molecule has 0 aromatic carbocycles. The molecule has 0 saturated carbocycles. The third-order valence-electron chi connectivity index (χ3n) is 2.09. The fourth-order valence-corrected chi connectivity index (χ4v) is 1.34. The summed E-state index contributed by atoms with van der Waals surface area (Å²) < 4.78 is 10.1. The Balaban J connectivity index is 2.82. The number of aromatic nitrogens is 2. The predicted octanol–water partition coefficient (Wildman–Crippen LogP) is 1.55. The molecule has 1 rings (SSSR count). The van der Waals surface area contributed by atoms with Crippen molar-refractivity contribution in [2.45, 2.75) is 39.8 Å². The Morgan fingerprint density at radius 3 is 2.56 bits per heavy atom. The Bertz CT molecular complexity index is 421. The van der Waals surface area contributed by atoms with Crippen molar-refractivity contribution in [2.24, 2.45) is 0 Å². The molecule has 0 aliphatic carbocycles. The smallest absolute Gasteiger partial charge is 0.328 e. The van der Waals surface area contributed by atoms with Crippen molar-refractivity contribution in [1.29, 1.82) is 0 Å². The largest absolute Gasteiger partial charge is 0.475 e. The van der Waals surface area contributed by atoms with Gasteiger partial charge in [-0.05, 0) is 27.7 Å². The number of rotatable bonds is 5. The summed E-state index contributed by atoms with van der Waals surface area (Å²) in [5.74, 6) is 0.465. The highest BCUT2D eigenvalue weighted by Crippen LogP contribution is 2.14. The number of aryl methyl sites for hydroxylation is 1. The minimum Gasteiger partial charge on any atom is -0.475 e. The number of ether oxygens (including phenoxy) is 2. The van der Waals surface area contributed by atoms with E-state index in [2.05, 4.69) is 20.0 Å². The summed E-state index contributed by atoms with van der Waals surface area (Å²) >= 11 is 0. The third-order valence-corrected chi connectivity index (χ3v) is 2.09. The summed E-state index contributed by atoms with van der Waals surface area (Å²) in [4.78, 5) is 19.7. The molecule has 0 fully saturated rings. The first-order chi connectivity index (χ1) is 8.42. The van der Waals surface area contributed by atoms with Crippen LogP contribution < -0.4 is 10.1 Å². The first-order valence-corrected chi connectivity index (χ1v) is 5.79. The van der Waals surface area contributed by atoms with E-state index in [1.54, 1.807) is 13.0 Å². The molecule has 1 aromatic heterocycles. The molecule has 0 bridgehead atoms. The van der Waals surface area contributed by atoms with Crippen LogP contribution in [0.3, 0.4) is 0 Å². The molecule has 6 heteroatoms. The van der Waals surface area contributed by atoms with Gasteiger partial charge in [0.05, 0.1) is 13.2 Å². The van der Waals surface area contributed by atoms with Crippen LogP contribution in [-0.2, 0) is 9.53 Å². The monoisotopic (exact) mass is 253 g/mol. The number of hydrogen-bond acceptors (Lipinski definition) is 6. The van der Waals surface area contributed by atoms with Crippen LogP contribution in [0.15, 0.2) is 6.07 Å². The second-order valence-corrected chi connectivity index (χ2v) is 4.23. The minimum atomic E-state index is -0.510. The van der Waals surface area contributed by atoms with E-state index in [0.717, 1.165) is 5.69 Å². The van der Waals surface area contributed by atoms with Crippen LogP contribution in [0.2, 0.25) is 0 Å². The molecule has 0 amide bonds. The normalized spacial score (nSPS) is 12.1. The van der Waals surface area contributed by atoms with Gasteiger partial charge in [0.15, 0.2) is 0 Å². The number of hydrogen-bond donors (Lipinski definition) is 1. The van der Waals surface area contributed by atoms with Crippen molar-refractivity contribution in [3.8, 4) is 5.88 Å². The SMILES string of the molecule is COC(=O)C(C)Nc1nc(C)cc(OC(C)C)n1. The molecule has 100 valence electrons. The Labute approximate surface area is 107 Å². The quantitative estimate of drug-likeness (QED) is 0.802. The van der Waals surface area contributed by atoms with Crippen molar-refractivity contribution >= 4 is 11.9 Å². The predicted molar refractivity (Wildman–Crippen MR) is 67.6 cm³/mol. The molecule has 18 heavy (non-hydrogen) atoms. The van der Waals surface area contributed by atoms with Gasteiger partial charge < -0.3 is 14.8 Å². The van der Waals surface area contributed by atoms with E-state index in [1.807, 2.05) is 20.8 Å². The molecule has 1 N–H and O–H groups in total. The number of carbonyl (C=O) groups is 1. The maximum atomic E-state index is 11.3. The molecule has 0 spiro atoms. The van der Waals surface area contributed by atoms with Gasteiger partial charge in [0.1, 0.15) is 6.04 Å². The zero-order chi connectivity index (χ0) is 13.7. The Morgan fingerprint density at radius 1 is 1.33 bits per heavy atom. The average Bonchev–Trinajstić information content (AvgIpc) is 2.25. The van der Waals surface area contributed by atoms with Gasteiger partial charge >= 0.3 is 5.97 Å². The number of anilines is 1. The maximum Gasteiger partial charge on any atom is 0.328 e. The summed E-state index contributed by atoms with van der Waals surface area (Å²) in [5, 5.41) is 2.87. The molecule has 0 radical (unpaired) electrons. The van der Waals surface area contributed by atoms with Gasteiger partial charge in [0.25, 0.3) is 0 Å². The zero-order valence-corrected chi connectivity index (χ0v) is 11.4. The Hall–Kier alpha value is -1.85. The molecule has 1 unspecified atom stereocenters. The van der Waals surface area contributed by atoms with Gasteiger partial charge in [0, 0.05) is 11.8 Å². The van der Waals surface area contributed by atoms with Crippen LogP contribution in [0.5, 0.6) is 5.88 Å². The molecule has 1 heterocycles. The highest BCUT2D eigenvalue weighted by atomic mass is 16.5. The van der Waals surface area contributed by atoms with Gasteiger partial charge in [-0.15, -0.1) is 0 Å². The molecule has 1 aromatic rings. The number of carbonyl (C=O) groups excluding carboxylic acids is 1. The lowest BCUT2D eigenvalue weighted by atomic mass is 10.3. The van der Waals surface area contributed by atoms with Gasteiger partial charge in [-0.25, -0.2) is 9.78 Å². The van der Waals surface area contributed by atoms with Crippen LogP contribution in [0.1, 0.15) is 26.5 Å². The van der Waals surface area contributed by atoms with Crippen molar-refractivity contribution < 1.29 is 14.3 Å². The second kappa shape index (κ2) is 6.18. The van der Waals surface area contributed by atoms with Crippen molar-refractivity contribution in [3.63, 3.8) is 0 Å². The van der Waals surface area contributed by atoms with Gasteiger partial charge in [0.2, 0.25) is 11.8 Å². The molecule has 0 saturated heterocycles. The molecule has 0 aliphatic rings. The summed E-state index contributed by atoms with van der Waals surface area (Å²) in [6.45, 7) is 7.35. The first kappa shape index (κ1) is 14.2. The van der Waals surface area contributed by atoms with Crippen LogP contribution in [-0.4, -0.2) is 35.2 Å². The van der Waals surface area contributed by atoms with Crippen LogP contribution in [0.4, 0.5) is 5.95 Å². The molecule has 6 nitrogen and oxygen atoms in total. The lowest BCUT2D eigenvalue weighted by Gasteiger charge is -2.14. The summed E-state index contributed by atoms with van der Waals surface area (Å²) in [5.41, 5.74) is 0.764. The highest BCUT2D eigenvalue weighted by molar-refractivity contribution is 5.77. The fraction of sp³-hybridized carbons (Fsp3) is 0.583. The standard InChI is InChI=1S/C12H19N3O3/c1-7(2)18-10-6-8(3)13-12(15-10)14-9(4)11(16)17-5/h6-7,9H,1-5H3,(H,13,14,15). The molecular weight excluding hydrogens is 234 g/mol. The van der Waals surface area contributed by atoms with Gasteiger partial charge in [-0.1, -0.05) is 0 Å². The zero-order valence-electron chi connectivity index (χ0n) is 11.4. The van der Waals surface area contributed by atoms with E-state index >= 15 is 0 Å². The van der Waals surface area contributed by atoms with Gasteiger partial charge in [-0.3, -0.25) is 0 Å². The van der Waals surface area contributed by atoms with Gasteiger partial charge in [-0.2, -0.15) is 4.98 Å². The Morgan fingerprint density at radius 2 is 2.00 bits per heavy atom. The molecule has 1 atom stereocenters. The number of methoxy groups -OCH3 is 1. The number of esters is 1. The van der Waals surface area contributed by atoms with Crippen LogP contribution in [0.25, 0.3) is 0 Å². The third kappa shape index (κ3) is 4.20.